The van der Waals surface area contributed by atoms with Crippen LogP contribution in [0.2, 0.25) is 0 Å². The van der Waals surface area contributed by atoms with E-state index in [1.165, 1.54) is 6.42 Å². The third-order valence-electron chi connectivity index (χ3n) is 5.43. The van der Waals surface area contributed by atoms with Crippen molar-refractivity contribution in [3.05, 3.63) is 33.4 Å². The first-order chi connectivity index (χ1) is 14.5. The number of nitrogens with zero attached hydrogens (tertiary/aromatic N) is 4. The highest BCUT2D eigenvalue weighted by molar-refractivity contribution is 9.10. The molecule has 2 N–H and O–H groups in total. The molecule has 9 nitrogen and oxygen atoms in total. The molecule has 2 aliphatic rings. The lowest BCUT2D eigenvalue weighted by Crippen LogP contribution is -2.32. The summed E-state index contributed by atoms with van der Waals surface area (Å²) in [4.78, 5) is 13.3. The van der Waals surface area contributed by atoms with Crippen LogP contribution < -0.4 is 10.1 Å². The second-order valence-electron chi connectivity index (χ2n) is 7.46. The first-order valence-electron chi connectivity index (χ1n) is 10.1. The van der Waals surface area contributed by atoms with Crippen LogP contribution in [0.4, 0.5) is 5.95 Å². The lowest BCUT2D eigenvalue weighted by molar-refractivity contribution is -0.146. The maximum Gasteiger partial charge on any atom is 0.338 e. The fourth-order valence-corrected chi connectivity index (χ4v) is 4.46. The van der Waals surface area contributed by atoms with Gasteiger partial charge in [0.05, 0.1) is 16.7 Å². The number of tetrazole rings is 1. The van der Waals surface area contributed by atoms with Gasteiger partial charge in [-0.2, -0.15) is 4.68 Å². The number of hydrogen-bond donors (Lipinski definition) is 2. The van der Waals surface area contributed by atoms with Gasteiger partial charge in [0, 0.05) is 5.70 Å². The predicted molar refractivity (Wildman–Crippen MR) is 112 cm³/mol. The Bertz CT molecular complexity index is 984. The van der Waals surface area contributed by atoms with Crippen LogP contribution in [0.15, 0.2) is 27.9 Å². The van der Waals surface area contributed by atoms with E-state index in [1.54, 1.807) is 16.8 Å². The number of carbonyl (C=O) groups is 1. The molecule has 0 bridgehead atoms. The first kappa shape index (κ1) is 20.6. The highest BCUT2D eigenvalue weighted by Crippen LogP contribution is 2.42. The Morgan fingerprint density at radius 3 is 2.83 bits per heavy atom. The van der Waals surface area contributed by atoms with Gasteiger partial charge in [0.1, 0.15) is 12.1 Å². The Balaban J connectivity index is 1.76. The molecule has 0 spiro atoms. The van der Waals surface area contributed by atoms with Gasteiger partial charge >= 0.3 is 5.97 Å². The zero-order valence-corrected chi connectivity index (χ0v) is 18.5. The SMILES string of the molecule is CCOc1cc(C2C(C(=O)OC3CCCCC3)=C(C)Nc3nnnn32)cc(Br)c1O. The summed E-state index contributed by atoms with van der Waals surface area (Å²) in [6, 6.07) is 2.82. The van der Waals surface area contributed by atoms with Gasteiger partial charge < -0.3 is 19.9 Å². The quantitative estimate of drug-likeness (QED) is 0.626. The number of phenols is 1. The van der Waals surface area contributed by atoms with Crippen molar-refractivity contribution < 1.29 is 19.4 Å². The number of phenolic OH excluding ortho intramolecular Hbond substituents is 1. The van der Waals surface area contributed by atoms with Crippen molar-refractivity contribution in [1.82, 2.24) is 20.2 Å². The van der Waals surface area contributed by atoms with Gasteiger partial charge in [-0.1, -0.05) is 11.5 Å². The van der Waals surface area contributed by atoms with Crippen molar-refractivity contribution in [2.75, 3.05) is 11.9 Å². The van der Waals surface area contributed by atoms with E-state index in [4.69, 9.17) is 9.47 Å². The van der Waals surface area contributed by atoms with E-state index < -0.39 is 6.04 Å². The predicted octanol–water partition coefficient (Wildman–Crippen LogP) is 3.70. The van der Waals surface area contributed by atoms with Crippen LogP contribution in [0.3, 0.4) is 0 Å². The average Bonchev–Trinajstić information content (AvgIpc) is 3.19. The molecule has 1 aliphatic heterocycles. The topological polar surface area (TPSA) is 111 Å². The van der Waals surface area contributed by atoms with Gasteiger partial charge in [-0.15, -0.1) is 0 Å². The van der Waals surface area contributed by atoms with Crippen LogP contribution in [0.1, 0.15) is 57.6 Å². The summed E-state index contributed by atoms with van der Waals surface area (Å²) in [5, 5.41) is 25.2. The maximum absolute atomic E-state index is 13.3. The summed E-state index contributed by atoms with van der Waals surface area (Å²) < 4.78 is 13.4. The molecule has 0 radical (unpaired) electrons. The van der Waals surface area contributed by atoms with E-state index in [1.807, 2.05) is 13.8 Å². The molecule has 30 heavy (non-hydrogen) atoms. The van der Waals surface area contributed by atoms with Crippen molar-refractivity contribution in [3.8, 4) is 11.5 Å². The molecule has 10 heteroatoms. The van der Waals surface area contributed by atoms with Crippen molar-refractivity contribution in [2.24, 2.45) is 0 Å². The molecule has 1 atom stereocenters. The zero-order chi connectivity index (χ0) is 21.3. The second-order valence-corrected chi connectivity index (χ2v) is 8.32. The average molecular weight is 478 g/mol. The largest absolute Gasteiger partial charge is 0.503 e. The molecule has 160 valence electrons. The Labute approximate surface area is 182 Å². The van der Waals surface area contributed by atoms with E-state index in [0.29, 0.717) is 39.6 Å². The number of rotatable bonds is 5. The Morgan fingerprint density at radius 2 is 2.10 bits per heavy atom. The summed E-state index contributed by atoms with van der Waals surface area (Å²) >= 11 is 3.38. The minimum Gasteiger partial charge on any atom is -0.503 e. The minimum absolute atomic E-state index is 0.00138. The molecule has 0 saturated heterocycles. The lowest BCUT2D eigenvalue weighted by Gasteiger charge is -2.30. The van der Waals surface area contributed by atoms with E-state index >= 15 is 0 Å². The number of hydrogen-bond acceptors (Lipinski definition) is 8. The Hall–Kier alpha value is -2.62. The summed E-state index contributed by atoms with van der Waals surface area (Å²) in [6.07, 6.45) is 5.00. The number of nitrogens with one attached hydrogen (secondary N) is 1. The number of anilines is 1. The number of carbonyl (C=O) groups excluding carboxylic acids is 1. The van der Waals surface area contributed by atoms with Gasteiger partial charge in [-0.05, 0) is 83.6 Å². The smallest absolute Gasteiger partial charge is 0.338 e. The summed E-state index contributed by atoms with van der Waals surface area (Å²) in [6.45, 7) is 4.03. The van der Waals surface area contributed by atoms with Crippen LogP contribution in [-0.4, -0.2) is 44.0 Å². The van der Waals surface area contributed by atoms with Gasteiger partial charge in [-0.3, -0.25) is 0 Å². The number of esters is 1. The third-order valence-corrected chi connectivity index (χ3v) is 6.03. The molecule has 0 amide bonds. The highest BCUT2D eigenvalue weighted by atomic mass is 79.9. The third kappa shape index (κ3) is 3.88. The maximum atomic E-state index is 13.3. The molecule has 1 aromatic heterocycles. The first-order valence-corrected chi connectivity index (χ1v) is 10.9. The fourth-order valence-electron chi connectivity index (χ4n) is 4.00. The Kier molecular flexibility index (Phi) is 5.94. The van der Waals surface area contributed by atoms with Gasteiger partial charge in [-0.25, -0.2) is 4.79 Å². The van der Waals surface area contributed by atoms with Crippen LogP contribution in [0.5, 0.6) is 11.5 Å². The molecule has 1 aliphatic carbocycles. The molecule has 2 aromatic rings. The summed E-state index contributed by atoms with van der Waals surface area (Å²) in [5.41, 5.74) is 1.75. The molecule has 2 heterocycles. The lowest BCUT2D eigenvalue weighted by atomic mass is 9.94. The fraction of sp³-hybridized carbons (Fsp3) is 0.500. The van der Waals surface area contributed by atoms with Crippen molar-refractivity contribution in [1.29, 1.82) is 0 Å². The van der Waals surface area contributed by atoms with Crippen LogP contribution in [0, 0.1) is 0 Å². The zero-order valence-electron chi connectivity index (χ0n) is 16.9. The number of benzene rings is 1. The Morgan fingerprint density at radius 1 is 1.33 bits per heavy atom. The monoisotopic (exact) mass is 477 g/mol. The second kappa shape index (κ2) is 8.63. The number of fused-ring (bicyclic) bond motifs is 1. The summed E-state index contributed by atoms with van der Waals surface area (Å²) in [7, 11) is 0. The molecule has 1 saturated carbocycles. The summed E-state index contributed by atoms with van der Waals surface area (Å²) in [5.74, 6) is 0.347. The van der Waals surface area contributed by atoms with Gasteiger partial charge in [0.2, 0.25) is 5.95 Å². The standard InChI is InChI=1S/C20H24BrN5O4/c1-3-29-15-10-12(9-14(21)18(15)27)17-16(11(2)22-20-23-24-25-26(17)20)19(28)30-13-7-5-4-6-8-13/h9-10,13,17,27H,3-8H2,1-2H3,(H,22,23,25). The normalized spacial score (nSPS) is 19.2. The molecular weight excluding hydrogens is 454 g/mol. The van der Waals surface area contributed by atoms with Gasteiger partial charge in [0.15, 0.2) is 11.5 Å². The highest BCUT2D eigenvalue weighted by Gasteiger charge is 2.36. The van der Waals surface area contributed by atoms with Gasteiger partial charge in [0.25, 0.3) is 0 Å². The van der Waals surface area contributed by atoms with Crippen LogP contribution >= 0.6 is 15.9 Å². The van der Waals surface area contributed by atoms with Crippen LogP contribution in [0.25, 0.3) is 0 Å². The van der Waals surface area contributed by atoms with E-state index in [9.17, 15) is 9.90 Å². The van der Waals surface area contributed by atoms with Crippen LogP contribution in [-0.2, 0) is 9.53 Å². The number of halogens is 1. The molecule has 1 unspecified atom stereocenters. The molecule has 1 fully saturated rings. The van der Waals surface area contributed by atoms with E-state index in [0.717, 1.165) is 25.7 Å². The minimum atomic E-state index is -0.622. The molecular formula is C20H24BrN5O4. The van der Waals surface area contributed by atoms with E-state index in [-0.39, 0.29) is 17.8 Å². The molecule has 4 rings (SSSR count). The number of aromatic hydroxyl groups is 1. The number of ether oxygens (including phenoxy) is 2. The van der Waals surface area contributed by atoms with E-state index in [2.05, 4.69) is 36.8 Å². The van der Waals surface area contributed by atoms with Crippen molar-refractivity contribution >= 4 is 27.8 Å². The molecule has 1 aromatic carbocycles. The number of aromatic nitrogens is 4. The van der Waals surface area contributed by atoms with Crippen molar-refractivity contribution in [2.45, 2.75) is 58.1 Å². The number of allylic oxidation sites excluding steroid dienone is 1. The van der Waals surface area contributed by atoms with Crippen molar-refractivity contribution in [3.63, 3.8) is 0 Å².